The zero-order valence-corrected chi connectivity index (χ0v) is 13.8. The minimum atomic E-state index is -3.50. The van der Waals surface area contributed by atoms with Crippen LogP contribution in [-0.4, -0.2) is 42.4 Å². The summed E-state index contributed by atoms with van der Waals surface area (Å²) >= 11 is 1.31. The van der Waals surface area contributed by atoms with Gasteiger partial charge in [-0.2, -0.15) is 4.37 Å². The van der Waals surface area contributed by atoms with Gasteiger partial charge in [-0.3, -0.25) is 4.79 Å². The van der Waals surface area contributed by atoms with Gasteiger partial charge in [0.1, 0.15) is 5.69 Å². The van der Waals surface area contributed by atoms with Gasteiger partial charge >= 0.3 is 0 Å². The molecule has 0 radical (unpaired) electrons. The molecule has 118 valence electrons. The molecule has 0 bridgehead atoms. The Balaban J connectivity index is 1.81. The van der Waals surface area contributed by atoms with Gasteiger partial charge in [0.25, 0.3) is 5.91 Å². The number of carbonyl (C=O) groups is 1. The molecule has 22 heavy (non-hydrogen) atoms. The summed E-state index contributed by atoms with van der Waals surface area (Å²) in [5.41, 5.74) is 1.54. The second-order valence-corrected chi connectivity index (χ2v) is 8.23. The van der Waals surface area contributed by atoms with Gasteiger partial charge in [0.15, 0.2) is 0 Å². The van der Waals surface area contributed by atoms with Gasteiger partial charge in [-0.05, 0) is 42.9 Å². The molecule has 1 fully saturated rings. The summed E-state index contributed by atoms with van der Waals surface area (Å²) in [7, 11) is -3.50. The molecule has 1 atom stereocenters. The summed E-state index contributed by atoms with van der Waals surface area (Å²) in [5, 5.41) is 5.95. The van der Waals surface area contributed by atoms with Crippen molar-refractivity contribution in [2.24, 2.45) is 11.1 Å². The molecule has 1 amide bonds. The van der Waals surface area contributed by atoms with E-state index in [9.17, 15) is 13.2 Å². The Bertz CT molecular complexity index is 829. The Morgan fingerprint density at radius 2 is 2.27 bits per heavy atom. The molecule has 3 rings (SSSR count). The number of nitrogens with two attached hydrogens (primary N) is 1. The first-order valence-corrected chi connectivity index (χ1v) is 9.48. The van der Waals surface area contributed by atoms with Gasteiger partial charge in [0.2, 0.25) is 10.0 Å². The fraction of sp³-hybridized carbons (Fsp3) is 0.429. The van der Waals surface area contributed by atoms with Crippen LogP contribution in [0.25, 0.3) is 10.1 Å². The van der Waals surface area contributed by atoms with Crippen molar-refractivity contribution in [1.82, 2.24) is 9.27 Å². The molecule has 1 aromatic heterocycles. The summed E-state index contributed by atoms with van der Waals surface area (Å²) < 4.78 is 27.6. The van der Waals surface area contributed by atoms with E-state index in [1.165, 1.54) is 11.5 Å². The smallest absolute Gasteiger partial charge is 0.274 e. The summed E-state index contributed by atoms with van der Waals surface area (Å²) in [6.07, 6.45) is 0.656. The molecule has 2 aromatic rings. The molecule has 0 aliphatic carbocycles. The van der Waals surface area contributed by atoms with Crippen molar-refractivity contribution >= 4 is 37.5 Å². The number of hydrogen-bond acceptors (Lipinski definition) is 5. The first-order chi connectivity index (χ1) is 10.3. The van der Waals surface area contributed by atoms with Crippen LogP contribution < -0.4 is 5.14 Å². The highest BCUT2D eigenvalue weighted by Crippen LogP contribution is 2.27. The number of primary sulfonamides is 1. The van der Waals surface area contributed by atoms with Crippen LogP contribution in [0.5, 0.6) is 0 Å². The first-order valence-electron chi connectivity index (χ1n) is 6.99. The van der Waals surface area contributed by atoms with E-state index in [4.69, 9.17) is 5.14 Å². The minimum Gasteiger partial charge on any atom is -0.337 e. The van der Waals surface area contributed by atoms with E-state index >= 15 is 0 Å². The third kappa shape index (κ3) is 3.13. The molecule has 0 saturated carbocycles. The van der Waals surface area contributed by atoms with Crippen LogP contribution >= 0.6 is 11.5 Å². The van der Waals surface area contributed by atoms with Gasteiger partial charge in [-0.1, -0.05) is 11.6 Å². The van der Waals surface area contributed by atoms with Gasteiger partial charge in [-0.25, -0.2) is 13.6 Å². The number of aryl methyl sites for hydroxylation is 1. The van der Waals surface area contributed by atoms with E-state index in [1.807, 2.05) is 25.1 Å². The zero-order chi connectivity index (χ0) is 15.9. The molecular formula is C14H17N3O3S2. The van der Waals surface area contributed by atoms with Crippen LogP contribution in [0.15, 0.2) is 18.2 Å². The minimum absolute atomic E-state index is 0.0757. The topological polar surface area (TPSA) is 93.4 Å². The first kappa shape index (κ1) is 15.4. The third-order valence-electron chi connectivity index (χ3n) is 3.87. The second-order valence-electron chi connectivity index (χ2n) is 5.77. The largest absolute Gasteiger partial charge is 0.337 e. The SMILES string of the molecule is Cc1ccc2snc(C(=O)N3CCC(CS(N)(=O)=O)C3)c2c1. The predicted octanol–water partition coefficient (Wildman–Crippen LogP) is 1.36. The Kier molecular flexibility index (Phi) is 3.92. The van der Waals surface area contributed by atoms with E-state index < -0.39 is 10.0 Å². The van der Waals surface area contributed by atoms with E-state index in [0.29, 0.717) is 25.2 Å². The van der Waals surface area contributed by atoms with Crippen molar-refractivity contribution in [2.75, 3.05) is 18.8 Å². The maximum Gasteiger partial charge on any atom is 0.274 e. The van der Waals surface area contributed by atoms with Gasteiger partial charge in [0.05, 0.1) is 10.5 Å². The fourth-order valence-corrected chi connectivity index (χ4v) is 4.52. The molecule has 1 saturated heterocycles. The van der Waals surface area contributed by atoms with Crippen LogP contribution in [-0.2, 0) is 10.0 Å². The van der Waals surface area contributed by atoms with Gasteiger partial charge in [0, 0.05) is 18.5 Å². The molecule has 1 aromatic carbocycles. The average Bonchev–Trinajstić information content (AvgIpc) is 3.02. The number of aromatic nitrogens is 1. The second kappa shape index (κ2) is 5.60. The van der Waals surface area contributed by atoms with Crippen LogP contribution in [0.4, 0.5) is 0 Å². The lowest BCUT2D eigenvalue weighted by atomic mass is 10.1. The summed E-state index contributed by atoms with van der Waals surface area (Å²) in [6, 6.07) is 5.92. The molecular weight excluding hydrogens is 322 g/mol. The van der Waals surface area contributed by atoms with Crippen molar-refractivity contribution in [3.63, 3.8) is 0 Å². The molecule has 2 N–H and O–H groups in total. The maximum atomic E-state index is 12.6. The number of rotatable bonds is 3. The zero-order valence-electron chi connectivity index (χ0n) is 12.2. The van der Waals surface area contributed by atoms with Gasteiger partial charge in [-0.15, -0.1) is 0 Å². The Morgan fingerprint density at radius 1 is 1.50 bits per heavy atom. The van der Waals surface area contributed by atoms with Crippen molar-refractivity contribution in [1.29, 1.82) is 0 Å². The fourth-order valence-electron chi connectivity index (χ4n) is 2.84. The van der Waals surface area contributed by atoms with Crippen molar-refractivity contribution in [3.8, 4) is 0 Å². The van der Waals surface area contributed by atoms with Crippen molar-refractivity contribution < 1.29 is 13.2 Å². The predicted molar refractivity (Wildman–Crippen MR) is 86.3 cm³/mol. The van der Waals surface area contributed by atoms with Gasteiger partial charge < -0.3 is 4.90 Å². The summed E-state index contributed by atoms with van der Waals surface area (Å²) in [6.45, 7) is 2.94. The Morgan fingerprint density at radius 3 is 3.00 bits per heavy atom. The lowest BCUT2D eigenvalue weighted by Gasteiger charge is -2.15. The van der Waals surface area contributed by atoms with Crippen LogP contribution in [0.1, 0.15) is 22.5 Å². The van der Waals surface area contributed by atoms with Crippen molar-refractivity contribution in [3.05, 3.63) is 29.5 Å². The lowest BCUT2D eigenvalue weighted by molar-refractivity contribution is 0.0785. The molecule has 2 heterocycles. The van der Waals surface area contributed by atoms with E-state index in [0.717, 1.165) is 15.6 Å². The number of benzene rings is 1. The van der Waals surface area contributed by atoms with Crippen LogP contribution in [0.3, 0.4) is 0 Å². The van der Waals surface area contributed by atoms with Crippen LogP contribution in [0, 0.1) is 12.8 Å². The van der Waals surface area contributed by atoms with Crippen molar-refractivity contribution in [2.45, 2.75) is 13.3 Å². The number of sulfonamides is 1. The standard InChI is InChI=1S/C14H17N3O3S2/c1-9-2-3-12-11(6-9)13(16-21-12)14(18)17-5-4-10(7-17)8-22(15,19)20/h2-3,6,10H,4-5,7-8H2,1H3,(H2,15,19,20). The number of nitrogens with zero attached hydrogens (tertiary/aromatic N) is 2. The Labute approximate surface area is 133 Å². The molecule has 1 aliphatic rings. The maximum absolute atomic E-state index is 12.6. The lowest BCUT2D eigenvalue weighted by Crippen LogP contribution is -2.31. The molecule has 0 spiro atoms. The normalized spacial score (nSPS) is 19.0. The van der Waals surface area contributed by atoms with E-state index in [1.54, 1.807) is 4.90 Å². The highest BCUT2D eigenvalue weighted by Gasteiger charge is 2.31. The highest BCUT2D eigenvalue weighted by molar-refractivity contribution is 7.89. The monoisotopic (exact) mass is 339 g/mol. The molecule has 1 unspecified atom stereocenters. The average molecular weight is 339 g/mol. The molecule has 8 heteroatoms. The summed E-state index contributed by atoms with van der Waals surface area (Å²) in [5.74, 6) is -0.299. The van der Waals surface area contributed by atoms with E-state index in [2.05, 4.69) is 4.37 Å². The molecule has 1 aliphatic heterocycles. The highest BCUT2D eigenvalue weighted by atomic mass is 32.2. The summed E-state index contributed by atoms with van der Waals surface area (Å²) in [4.78, 5) is 14.3. The number of carbonyl (C=O) groups excluding carboxylic acids is 1. The quantitative estimate of drug-likeness (QED) is 0.913. The number of likely N-dealkylation sites (tertiary alicyclic amines) is 1. The number of fused-ring (bicyclic) bond motifs is 1. The van der Waals surface area contributed by atoms with E-state index in [-0.39, 0.29) is 17.6 Å². The third-order valence-corrected chi connectivity index (χ3v) is 5.63. The Hall–Kier alpha value is -1.51. The number of amides is 1. The molecule has 6 nitrogen and oxygen atoms in total. The van der Waals surface area contributed by atoms with Crippen LogP contribution in [0.2, 0.25) is 0 Å². The number of hydrogen-bond donors (Lipinski definition) is 1.